The van der Waals surface area contributed by atoms with Crippen molar-refractivity contribution < 1.29 is 12.6 Å². The van der Waals surface area contributed by atoms with Crippen LogP contribution in [0.1, 0.15) is 30.0 Å². The van der Waals surface area contributed by atoms with Crippen LogP contribution in [-0.4, -0.2) is 58.2 Å². The van der Waals surface area contributed by atoms with Gasteiger partial charge in [-0.1, -0.05) is 0 Å². The minimum Gasteiger partial charge on any atom is -0.297 e. The molecule has 0 spiro atoms. The Labute approximate surface area is 131 Å². The van der Waals surface area contributed by atoms with Crippen LogP contribution >= 0.6 is 0 Å². The molecule has 1 aliphatic heterocycles. The van der Waals surface area contributed by atoms with Crippen molar-refractivity contribution in [2.75, 3.05) is 30.9 Å². The monoisotopic (exact) mass is 346 g/mol. The Kier molecular flexibility index (Phi) is 4.07. The maximum atomic E-state index is 12.4. The van der Waals surface area contributed by atoms with Gasteiger partial charge in [-0.2, -0.15) is 5.10 Å². The molecule has 1 aromatic rings. The molecule has 2 heterocycles. The van der Waals surface area contributed by atoms with Gasteiger partial charge in [0.05, 0.1) is 22.2 Å². The van der Waals surface area contributed by atoms with Crippen LogP contribution in [0, 0.1) is 0 Å². The lowest BCUT2D eigenvalue weighted by Gasteiger charge is -2.28. The molecule has 1 saturated carbocycles. The number of hydrogen-bond acceptors (Lipinski definition) is 5. The van der Waals surface area contributed by atoms with E-state index in [1.165, 1.54) is 24.1 Å². The number of aryl methyl sites for hydroxylation is 1. The molecule has 1 saturated heterocycles. The van der Waals surface area contributed by atoms with E-state index < -0.39 is 19.8 Å². The maximum Gasteiger partial charge on any atom is 0.257 e. The first-order valence-corrected chi connectivity index (χ1v) is 11.1. The van der Waals surface area contributed by atoms with Gasteiger partial charge >= 0.3 is 0 Å². The minimum atomic E-state index is -3.55. The molecule has 124 valence electrons. The van der Waals surface area contributed by atoms with Crippen LogP contribution in [0.25, 0.3) is 0 Å². The number of nitrogens with zero attached hydrogens (tertiary/aromatic N) is 4. The predicted molar refractivity (Wildman–Crippen MR) is 85.6 cm³/mol. The Morgan fingerprint density at radius 3 is 2.55 bits per heavy atom. The largest absolute Gasteiger partial charge is 0.297 e. The Morgan fingerprint density at radius 1 is 1.36 bits per heavy atom. The van der Waals surface area contributed by atoms with E-state index in [-0.39, 0.29) is 0 Å². The lowest BCUT2D eigenvalue weighted by molar-refractivity contribution is 0.289. The number of aromatic nitrogens is 2. The second-order valence-electron chi connectivity index (χ2n) is 6.22. The van der Waals surface area contributed by atoms with Gasteiger partial charge in [0.15, 0.2) is 0 Å². The summed E-state index contributed by atoms with van der Waals surface area (Å²) < 4.78 is 40.4. The van der Waals surface area contributed by atoms with Gasteiger partial charge in [-0.05, 0) is 12.8 Å². The fourth-order valence-electron chi connectivity index (χ4n) is 2.98. The fraction of sp³-hybridized carbons (Fsp3) is 0.769. The van der Waals surface area contributed by atoms with Gasteiger partial charge in [0, 0.05) is 55.4 Å². The number of hydrogen-bond donors (Lipinski definition) is 0. The summed E-state index contributed by atoms with van der Waals surface area (Å²) in [6, 6.07) is 0. The Hall–Kier alpha value is -0.930. The number of sulfonamides is 1. The van der Waals surface area contributed by atoms with Crippen molar-refractivity contribution in [2.24, 2.45) is 10.8 Å². The Morgan fingerprint density at radius 2 is 2.00 bits per heavy atom. The van der Waals surface area contributed by atoms with Crippen molar-refractivity contribution in [1.29, 1.82) is 0 Å². The van der Waals surface area contributed by atoms with Crippen molar-refractivity contribution in [3.63, 3.8) is 0 Å². The van der Waals surface area contributed by atoms with Crippen LogP contribution in [0.2, 0.25) is 0 Å². The maximum absolute atomic E-state index is 12.4. The van der Waals surface area contributed by atoms with Gasteiger partial charge in [0.25, 0.3) is 10.0 Å². The van der Waals surface area contributed by atoms with Gasteiger partial charge in [-0.25, -0.2) is 12.6 Å². The summed E-state index contributed by atoms with van der Waals surface area (Å²) in [5, 5.41) is 4.36. The molecule has 0 N–H and O–H groups in total. The molecule has 0 aromatic carbocycles. The van der Waals surface area contributed by atoms with Crippen LogP contribution in [-0.2, 0) is 33.3 Å². The first-order chi connectivity index (χ1) is 10.3. The molecule has 0 unspecified atom stereocenters. The second kappa shape index (κ2) is 5.61. The Bertz CT molecular complexity index is 772. The first-order valence-electron chi connectivity index (χ1n) is 7.43. The third kappa shape index (κ3) is 3.69. The lowest BCUT2D eigenvalue weighted by atomic mass is 10.1. The molecule has 7 nitrogen and oxygen atoms in total. The molecule has 3 rings (SSSR count). The molecule has 22 heavy (non-hydrogen) atoms. The zero-order valence-electron chi connectivity index (χ0n) is 12.9. The van der Waals surface area contributed by atoms with E-state index in [0.29, 0.717) is 30.5 Å². The molecule has 9 heteroatoms. The van der Waals surface area contributed by atoms with Crippen molar-refractivity contribution in [3.05, 3.63) is 17.5 Å². The van der Waals surface area contributed by atoms with E-state index in [1.54, 1.807) is 0 Å². The molecular weight excluding hydrogens is 324 g/mol. The highest BCUT2D eigenvalue weighted by molar-refractivity contribution is 8.03. The van der Waals surface area contributed by atoms with E-state index in [4.69, 9.17) is 0 Å². The third-order valence-electron chi connectivity index (χ3n) is 4.15. The summed E-state index contributed by atoms with van der Waals surface area (Å²) in [6.07, 6.45) is 5.38. The highest BCUT2D eigenvalue weighted by Crippen LogP contribution is 2.41. The molecule has 0 amide bonds. The summed E-state index contributed by atoms with van der Waals surface area (Å²) in [4.78, 5) is 2.21. The quantitative estimate of drug-likeness (QED) is 0.794. The molecule has 1 aromatic heterocycles. The SMILES string of the molecule is Cn1ncc(CN2CCS(=O)(=NS(C)(=O)=O)CC2)c1C1CC1. The molecule has 0 bridgehead atoms. The lowest BCUT2D eigenvalue weighted by Crippen LogP contribution is -2.40. The first kappa shape index (κ1) is 15.9. The fourth-order valence-corrected chi connectivity index (χ4v) is 6.84. The molecular formula is C13H22N4O3S2. The minimum absolute atomic E-state index is 0.319. The standard InChI is InChI=1S/C13H22N4O3S2/c1-16-13(11-3-4-11)12(9-14-16)10-17-5-7-22(20,8-6-17)15-21(2,18)19/h9,11H,3-8,10H2,1-2H3. The van der Waals surface area contributed by atoms with Crippen LogP contribution in [0.15, 0.2) is 9.96 Å². The summed E-state index contributed by atoms with van der Waals surface area (Å²) in [6.45, 7) is 2.00. The average Bonchev–Trinajstić information content (AvgIpc) is 3.16. The second-order valence-corrected chi connectivity index (χ2v) is 10.6. The summed E-state index contributed by atoms with van der Waals surface area (Å²) in [5.74, 6) is 1.27. The smallest absolute Gasteiger partial charge is 0.257 e. The van der Waals surface area contributed by atoms with E-state index in [0.717, 1.165) is 12.8 Å². The van der Waals surface area contributed by atoms with Crippen molar-refractivity contribution >= 4 is 19.8 Å². The number of rotatable bonds is 4. The normalized spacial score (nSPS) is 22.6. The van der Waals surface area contributed by atoms with Gasteiger partial charge in [0.1, 0.15) is 0 Å². The van der Waals surface area contributed by atoms with Crippen LogP contribution < -0.4 is 0 Å². The van der Waals surface area contributed by atoms with Crippen molar-refractivity contribution in [1.82, 2.24) is 14.7 Å². The zero-order valence-corrected chi connectivity index (χ0v) is 14.6. The van der Waals surface area contributed by atoms with Crippen molar-refractivity contribution in [3.8, 4) is 0 Å². The van der Waals surface area contributed by atoms with Gasteiger partial charge in [-0.15, -0.1) is 3.77 Å². The van der Waals surface area contributed by atoms with Gasteiger partial charge in [-0.3, -0.25) is 9.58 Å². The molecule has 2 fully saturated rings. The van der Waals surface area contributed by atoms with E-state index in [1.807, 2.05) is 17.9 Å². The topological polar surface area (TPSA) is 84.6 Å². The van der Waals surface area contributed by atoms with Crippen LogP contribution in [0.5, 0.6) is 0 Å². The highest BCUT2D eigenvalue weighted by atomic mass is 32.3. The van der Waals surface area contributed by atoms with E-state index in [9.17, 15) is 12.6 Å². The van der Waals surface area contributed by atoms with E-state index >= 15 is 0 Å². The van der Waals surface area contributed by atoms with Crippen LogP contribution in [0.3, 0.4) is 0 Å². The molecule has 2 aliphatic rings. The average molecular weight is 346 g/mol. The summed E-state index contributed by atoms with van der Waals surface area (Å²) in [7, 11) is -4.18. The van der Waals surface area contributed by atoms with Crippen LogP contribution in [0.4, 0.5) is 0 Å². The molecule has 0 atom stereocenters. The highest BCUT2D eigenvalue weighted by Gasteiger charge is 2.30. The Balaban J connectivity index is 1.68. The summed E-state index contributed by atoms with van der Waals surface area (Å²) in [5.41, 5.74) is 2.55. The van der Waals surface area contributed by atoms with E-state index in [2.05, 4.69) is 13.8 Å². The zero-order chi connectivity index (χ0) is 16.0. The van der Waals surface area contributed by atoms with Gasteiger partial charge < -0.3 is 0 Å². The molecule has 0 radical (unpaired) electrons. The van der Waals surface area contributed by atoms with Gasteiger partial charge in [0.2, 0.25) is 0 Å². The van der Waals surface area contributed by atoms with Crippen molar-refractivity contribution in [2.45, 2.75) is 25.3 Å². The summed E-state index contributed by atoms with van der Waals surface area (Å²) >= 11 is 0. The third-order valence-corrected chi connectivity index (χ3v) is 7.96. The molecule has 1 aliphatic carbocycles. The predicted octanol–water partition coefficient (Wildman–Crippen LogP) is 0.541.